The van der Waals surface area contributed by atoms with Crippen molar-refractivity contribution >= 4 is 23.5 Å². The molecule has 0 radical (unpaired) electrons. The molecular weight excluding hydrogens is 398 g/mol. The number of nitrogens with one attached hydrogen (secondary N) is 2. The van der Waals surface area contributed by atoms with Gasteiger partial charge in [0.2, 0.25) is 0 Å². The van der Waals surface area contributed by atoms with Gasteiger partial charge in [0.25, 0.3) is 0 Å². The van der Waals surface area contributed by atoms with Crippen molar-refractivity contribution in [2.75, 3.05) is 32.1 Å². The molecule has 164 valence electrons. The number of carboxylic acids is 1. The van der Waals surface area contributed by atoms with Crippen LogP contribution in [0.15, 0.2) is 42.5 Å². The van der Waals surface area contributed by atoms with Crippen LogP contribution in [0.25, 0.3) is 0 Å². The predicted octanol–water partition coefficient (Wildman–Crippen LogP) is 2.59. The van der Waals surface area contributed by atoms with Gasteiger partial charge >= 0.3 is 17.8 Å². The number of methoxy groups -OCH3 is 1. The summed E-state index contributed by atoms with van der Waals surface area (Å²) in [4.78, 5) is 38.3. The highest BCUT2D eigenvalue weighted by atomic mass is 16.5. The minimum atomic E-state index is -1.10. The fraction of sp³-hybridized carbons (Fsp3) is 0.348. The molecule has 8 heteroatoms. The lowest BCUT2D eigenvalue weighted by Gasteiger charge is -2.28. The Morgan fingerprint density at radius 3 is 2.35 bits per heavy atom. The van der Waals surface area contributed by atoms with Crippen molar-refractivity contribution in [3.63, 3.8) is 0 Å². The van der Waals surface area contributed by atoms with E-state index in [1.54, 1.807) is 20.1 Å². The Morgan fingerprint density at radius 1 is 1.06 bits per heavy atom. The van der Waals surface area contributed by atoms with Crippen LogP contribution in [0, 0.1) is 6.92 Å². The zero-order valence-corrected chi connectivity index (χ0v) is 17.7. The van der Waals surface area contributed by atoms with Gasteiger partial charge in [-0.25, -0.2) is 4.79 Å². The van der Waals surface area contributed by atoms with E-state index in [4.69, 9.17) is 9.84 Å². The molecule has 3 rings (SSSR count). The Morgan fingerprint density at radius 2 is 1.74 bits per heavy atom. The van der Waals surface area contributed by atoms with Gasteiger partial charge in [-0.05, 0) is 68.2 Å². The third-order valence-electron chi connectivity index (χ3n) is 5.48. The number of benzene rings is 2. The number of carbonyl (C=O) groups excluding carboxylic acids is 2. The predicted molar refractivity (Wildman–Crippen MR) is 116 cm³/mol. The Hall–Kier alpha value is -3.39. The number of aryl methyl sites for hydroxylation is 1. The molecule has 1 fully saturated rings. The minimum absolute atomic E-state index is 0.0370. The summed E-state index contributed by atoms with van der Waals surface area (Å²) >= 11 is 0. The van der Waals surface area contributed by atoms with Crippen LogP contribution in [0.1, 0.15) is 40.4 Å². The second-order valence-electron chi connectivity index (χ2n) is 7.53. The van der Waals surface area contributed by atoms with Gasteiger partial charge in [0, 0.05) is 12.2 Å². The summed E-state index contributed by atoms with van der Waals surface area (Å²) in [5.41, 5.74) is 2.04. The molecule has 2 aromatic rings. The van der Waals surface area contributed by atoms with Crippen molar-refractivity contribution < 1.29 is 24.2 Å². The summed E-state index contributed by atoms with van der Waals surface area (Å²) in [5, 5.41) is 14.4. The van der Waals surface area contributed by atoms with Gasteiger partial charge in [0.1, 0.15) is 5.75 Å². The summed E-state index contributed by atoms with van der Waals surface area (Å²) < 4.78 is 5.22. The summed E-state index contributed by atoms with van der Waals surface area (Å²) in [6.07, 6.45) is 2.20. The van der Waals surface area contributed by atoms with E-state index in [0.29, 0.717) is 11.3 Å². The lowest BCUT2D eigenvalue weighted by Crippen LogP contribution is -2.41. The molecule has 0 spiro atoms. The number of amides is 2. The second kappa shape index (κ2) is 10.1. The number of aromatic carboxylic acids is 1. The molecule has 2 aromatic carbocycles. The highest BCUT2D eigenvalue weighted by Gasteiger charge is 2.25. The molecule has 1 aliphatic heterocycles. The average Bonchev–Trinajstić information content (AvgIpc) is 3.30. The van der Waals surface area contributed by atoms with Gasteiger partial charge in [0.05, 0.1) is 18.7 Å². The zero-order chi connectivity index (χ0) is 22.4. The standard InChI is InChI=1S/C23H27N3O5/c1-15-5-6-17(23(29)30)13-19(15)25-22(28)21(27)24-14-20(26-11-3-4-12-26)16-7-9-18(31-2)10-8-16/h5-10,13,20H,3-4,11-12,14H2,1-2H3,(H,24,27)(H,25,28)(H,29,30)/t20-/m0/s1. The Labute approximate surface area is 181 Å². The maximum absolute atomic E-state index is 12.5. The fourth-order valence-electron chi connectivity index (χ4n) is 3.68. The van der Waals surface area contributed by atoms with E-state index in [9.17, 15) is 14.4 Å². The number of anilines is 1. The molecular formula is C23H27N3O5. The summed E-state index contributed by atoms with van der Waals surface area (Å²) in [6.45, 7) is 3.87. The molecule has 31 heavy (non-hydrogen) atoms. The number of carbonyl (C=O) groups is 3. The zero-order valence-electron chi connectivity index (χ0n) is 17.7. The molecule has 0 bridgehead atoms. The lowest BCUT2D eigenvalue weighted by atomic mass is 10.1. The third-order valence-corrected chi connectivity index (χ3v) is 5.48. The van der Waals surface area contributed by atoms with Crippen LogP contribution >= 0.6 is 0 Å². The number of ether oxygens (including phenoxy) is 1. The molecule has 1 saturated heterocycles. The number of hydrogen-bond acceptors (Lipinski definition) is 5. The van der Waals surface area contributed by atoms with E-state index >= 15 is 0 Å². The summed E-state index contributed by atoms with van der Waals surface area (Å²) in [6, 6.07) is 12.0. The van der Waals surface area contributed by atoms with Crippen LogP contribution in [0.3, 0.4) is 0 Å². The van der Waals surface area contributed by atoms with Crippen molar-refractivity contribution in [3.05, 3.63) is 59.2 Å². The Bertz CT molecular complexity index is 952. The first-order valence-electron chi connectivity index (χ1n) is 10.2. The van der Waals surface area contributed by atoms with Gasteiger partial charge < -0.3 is 20.5 Å². The molecule has 0 aliphatic carbocycles. The van der Waals surface area contributed by atoms with Crippen molar-refractivity contribution in [1.82, 2.24) is 10.2 Å². The Kier molecular flexibility index (Phi) is 7.25. The highest BCUT2D eigenvalue weighted by Crippen LogP contribution is 2.26. The van der Waals surface area contributed by atoms with Gasteiger partial charge in [0.15, 0.2) is 0 Å². The monoisotopic (exact) mass is 425 g/mol. The first-order valence-corrected chi connectivity index (χ1v) is 10.2. The first kappa shape index (κ1) is 22.3. The maximum atomic E-state index is 12.5. The molecule has 3 N–H and O–H groups in total. The molecule has 1 heterocycles. The van der Waals surface area contributed by atoms with E-state index in [1.165, 1.54) is 12.1 Å². The normalized spacial score (nSPS) is 14.6. The van der Waals surface area contributed by atoms with Crippen LogP contribution < -0.4 is 15.4 Å². The second-order valence-corrected chi connectivity index (χ2v) is 7.53. The van der Waals surface area contributed by atoms with E-state index in [2.05, 4.69) is 15.5 Å². The van der Waals surface area contributed by atoms with Gasteiger partial charge in [-0.1, -0.05) is 18.2 Å². The van der Waals surface area contributed by atoms with Crippen LogP contribution in [-0.2, 0) is 9.59 Å². The average molecular weight is 425 g/mol. The SMILES string of the molecule is COc1ccc([C@H](CNC(=O)C(=O)Nc2cc(C(=O)O)ccc2C)N2CCCC2)cc1. The molecule has 1 aliphatic rings. The highest BCUT2D eigenvalue weighted by molar-refractivity contribution is 6.39. The largest absolute Gasteiger partial charge is 0.497 e. The number of carboxylic acid groups (broad SMARTS) is 1. The van der Waals surface area contributed by atoms with Crippen molar-refractivity contribution in [2.24, 2.45) is 0 Å². The van der Waals surface area contributed by atoms with E-state index < -0.39 is 17.8 Å². The smallest absolute Gasteiger partial charge is 0.335 e. The Balaban J connectivity index is 1.66. The van der Waals surface area contributed by atoms with E-state index in [-0.39, 0.29) is 18.2 Å². The van der Waals surface area contributed by atoms with Gasteiger partial charge in [-0.15, -0.1) is 0 Å². The number of hydrogen-bond donors (Lipinski definition) is 3. The van der Waals surface area contributed by atoms with E-state index in [1.807, 2.05) is 24.3 Å². The quantitative estimate of drug-likeness (QED) is 0.589. The number of likely N-dealkylation sites (tertiary alicyclic amines) is 1. The molecule has 0 saturated carbocycles. The number of rotatable bonds is 7. The van der Waals surface area contributed by atoms with Crippen LogP contribution in [0.2, 0.25) is 0 Å². The van der Waals surface area contributed by atoms with E-state index in [0.717, 1.165) is 37.2 Å². The molecule has 0 aromatic heterocycles. The van der Waals surface area contributed by atoms with Gasteiger partial charge in [-0.3, -0.25) is 14.5 Å². The summed E-state index contributed by atoms with van der Waals surface area (Å²) in [5.74, 6) is -1.95. The lowest BCUT2D eigenvalue weighted by molar-refractivity contribution is -0.136. The molecule has 2 amide bonds. The number of nitrogens with zero attached hydrogens (tertiary/aromatic N) is 1. The third kappa shape index (κ3) is 5.61. The van der Waals surface area contributed by atoms with Crippen LogP contribution in [0.5, 0.6) is 5.75 Å². The van der Waals surface area contributed by atoms with Crippen molar-refractivity contribution in [3.8, 4) is 5.75 Å². The molecule has 1 atom stereocenters. The van der Waals surface area contributed by atoms with Crippen molar-refractivity contribution in [1.29, 1.82) is 0 Å². The van der Waals surface area contributed by atoms with Gasteiger partial charge in [-0.2, -0.15) is 0 Å². The topological polar surface area (TPSA) is 108 Å². The maximum Gasteiger partial charge on any atom is 0.335 e. The summed E-state index contributed by atoms with van der Waals surface area (Å²) in [7, 11) is 1.61. The van der Waals surface area contributed by atoms with Crippen LogP contribution in [0.4, 0.5) is 5.69 Å². The minimum Gasteiger partial charge on any atom is -0.497 e. The molecule has 0 unspecified atom stereocenters. The van der Waals surface area contributed by atoms with Crippen LogP contribution in [-0.4, -0.2) is 54.5 Å². The fourth-order valence-corrected chi connectivity index (χ4v) is 3.68. The van der Waals surface area contributed by atoms with Crippen molar-refractivity contribution in [2.45, 2.75) is 25.8 Å². The molecule has 8 nitrogen and oxygen atoms in total. The first-order chi connectivity index (χ1) is 14.9.